The van der Waals surface area contributed by atoms with E-state index in [9.17, 15) is 0 Å². The second-order valence-electron chi connectivity index (χ2n) is 3.74. The standard InChI is InChI=1S/C10H20ClNO/c11-6-3-8-12-7-1-4-10(12)5-2-9-13/h10,13H,1-9H2. The van der Waals surface area contributed by atoms with E-state index in [1.165, 1.54) is 19.4 Å². The zero-order chi connectivity index (χ0) is 9.52. The molecule has 0 radical (unpaired) electrons. The molecule has 78 valence electrons. The Morgan fingerprint density at radius 2 is 2.23 bits per heavy atom. The van der Waals surface area contributed by atoms with Crippen molar-refractivity contribution in [1.82, 2.24) is 4.90 Å². The first kappa shape index (κ1) is 11.3. The van der Waals surface area contributed by atoms with Crippen molar-refractivity contribution in [1.29, 1.82) is 0 Å². The van der Waals surface area contributed by atoms with Gasteiger partial charge in [0, 0.05) is 18.5 Å². The topological polar surface area (TPSA) is 23.5 Å². The van der Waals surface area contributed by atoms with Gasteiger partial charge in [-0.1, -0.05) is 0 Å². The van der Waals surface area contributed by atoms with E-state index >= 15 is 0 Å². The first-order chi connectivity index (χ1) is 6.38. The summed E-state index contributed by atoms with van der Waals surface area (Å²) in [5.41, 5.74) is 0. The number of aliphatic hydroxyl groups excluding tert-OH is 1. The van der Waals surface area contributed by atoms with Crippen molar-refractivity contribution in [2.45, 2.75) is 38.1 Å². The van der Waals surface area contributed by atoms with Crippen LogP contribution in [0.25, 0.3) is 0 Å². The van der Waals surface area contributed by atoms with Crippen LogP contribution in [0.4, 0.5) is 0 Å². The summed E-state index contributed by atoms with van der Waals surface area (Å²) in [4.78, 5) is 2.53. The lowest BCUT2D eigenvalue weighted by Gasteiger charge is -2.23. The van der Waals surface area contributed by atoms with E-state index in [0.29, 0.717) is 6.61 Å². The van der Waals surface area contributed by atoms with Crippen molar-refractivity contribution < 1.29 is 5.11 Å². The summed E-state index contributed by atoms with van der Waals surface area (Å²) in [5.74, 6) is 0.767. The zero-order valence-electron chi connectivity index (χ0n) is 8.21. The summed E-state index contributed by atoms with van der Waals surface area (Å²) in [5, 5.41) is 8.75. The van der Waals surface area contributed by atoms with Crippen LogP contribution in [-0.2, 0) is 0 Å². The fourth-order valence-corrected chi connectivity index (χ4v) is 2.23. The Bertz CT molecular complexity index is 118. The van der Waals surface area contributed by atoms with Gasteiger partial charge in [0.05, 0.1) is 0 Å². The average molecular weight is 206 g/mol. The van der Waals surface area contributed by atoms with Crippen molar-refractivity contribution in [2.24, 2.45) is 0 Å². The lowest BCUT2D eigenvalue weighted by atomic mass is 10.1. The molecule has 1 rings (SSSR count). The fraction of sp³-hybridized carbons (Fsp3) is 1.00. The molecule has 1 saturated heterocycles. The molecular formula is C10H20ClNO. The van der Waals surface area contributed by atoms with Crippen LogP contribution < -0.4 is 0 Å². The summed E-state index contributed by atoms with van der Waals surface area (Å²) in [6.07, 6.45) is 5.82. The van der Waals surface area contributed by atoms with Gasteiger partial charge < -0.3 is 10.0 Å². The van der Waals surface area contributed by atoms with Crippen LogP contribution in [0.3, 0.4) is 0 Å². The summed E-state index contributed by atoms with van der Waals surface area (Å²) in [6.45, 7) is 2.70. The van der Waals surface area contributed by atoms with E-state index in [4.69, 9.17) is 16.7 Å². The van der Waals surface area contributed by atoms with Crippen LogP contribution in [0.1, 0.15) is 32.1 Å². The van der Waals surface area contributed by atoms with Gasteiger partial charge >= 0.3 is 0 Å². The third kappa shape index (κ3) is 3.84. The van der Waals surface area contributed by atoms with E-state index in [-0.39, 0.29) is 0 Å². The van der Waals surface area contributed by atoms with Crippen LogP contribution in [0.15, 0.2) is 0 Å². The minimum absolute atomic E-state index is 0.333. The van der Waals surface area contributed by atoms with Crippen molar-refractivity contribution >= 4 is 11.6 Å². The maximum absolute atomic E-state index is 8.75. The van der Waals surface area contributed by atoms with Crippen molar-refractivity contribution in [2.75, 3.05) is 25.6 Å². The molecule has 13 heavy (non-hydrogen) atoms. The van der Waals surface area contributed by atoms with E-state index in [1.54, 1.807) is 0 Å². The van der Waals surface area contributed by atoms with Gasteiger partial charge in [-0.2, -0.15) is 0 Å². The number of likely N-dealkylation sites (tertiary alicyclic amines) is 1. The van der Waals surface area contributed by atoms with E-state index in [0.717, 1.165) is 37.7 Å². The number of nitrogens with zero attached hydrogens (tertiary/aromatic N) is 1. The second-order valence-corrected chi connectivity index (χ2v) is 4.12. The lowest BCUT2D eigenvalue weighted by molar-refractivity contribution is 0.217. The molecule has 0 bridgehead atoms. The molecular weight excluding hydrogens is 186 g/mol. The van der Waals surface area contributed by atoms with Gasteiger partial charge in [0.25, 0.3) is 0 Å². The Hall–Kier alpha value is 0.210. The molecule has 0 aromatic heterocycles. The Balaban J connectivity index is 2.18. The van der Waals surface area contributed by atoms with E-state index < -0.39 is 0 Å². The molecule has 1 aliphatic rings. The number of aliphatic hydroxyl groups is 1. The van der Waals surface area contributed by atoms with E-state index in [2.05, 4.69) is 4.90 Å². The summed E-state index contributed by atoms with van der Waals surface area (Å²) < 4.78 is 0. The summed E-state index contributed by atoms with van der Waals surface area (Å²) in [7, 11) is 0. The minimum atomic E-state index is 0.333. The fourth-order valence-electron chi connectivity index (χ4n) is 2.11. The van der Waals surface area contributed by atoms with Crippen LogP contribution in [0.2, 0.25) is 0 Å². The quantitative estimate of drug-likeness (QED) is 0.670. The number of alkyl halides is 1. The molecule has 1 heterocycles. The highest BCUT2D eigenvalue weighted by atomic mass is 35.5. The number of halogens is 1. The van der Waals surface area contributed by atoms with Gasteiger partial charge in [-0.05, 0) is 45.2 Å². The first-order valence-electron chi connectivity index (χ1n) is 5.29. The molecule has 1 atom stereocenters. The van der Waals surface area contributed by atoms with Gasteiger partial charge in [-0.25, -0.2) is 0 Å². The smallest absolute Gasteiger partial charge is 0.0431 e. The Kier molecular flexibility index (Phi) is 5.76. The molecule has 0 aromatic carbocycles. The number of hydrogen-bond donors (Lipinski definition) is 1. The number of rotatable bonds is 6. The second kappa shape index (κ2) is 6.63. The highest BCUT2D eigenvalue weighted by molar-refractivity contribution is 6.17. The molecule has 2 nitrogen and oxygen atoms in total. The summed E-state index contributed by atoms with van der Waals surface area (Å²) in [6, 6.07) is 0.718. The van der Waals surface area contributed by atoms with Crippen LogP contribution >= 0.6 is 11.6 Å². The first-order valence-corrected chi connectivity index (χ1v) is 5.83. The lowest BCUT2D eigenvalue weighted by Crippen LogP contribution is -2.30. The largest absolute Gasteiger partial charge is 0.396 e. The van der Waals surface area contributed by atoms with Gasteiger partial charge in [-0.3, -0.25) is 0 Å². The van der Waals surface area contributed by atoms with Gasteiger partial charge in [0.1, 0.15) is 0 Å². The summed E-state index contributed by atoms with van der Waals surface area (Å²) >= 11 is 5.67. The zero-order valence-corrected chi connectivity index (χ0v) is 8.97. The Morgan fingerprint density at radius 1 is 1.38 bits per heavy atom. The van der Waals surface area contributed by atoms with Crippen molar-refractivity contribution in [3.05, 3.63) is 0 Å². The highest BCUT2D eigenvalue weighted by Gasteiger charge is 2.22. The van der Waals surface area contributed by atoms with Gasteiger partial charge in [0.15, 0.2) is 0 Å². The molecule has 0 amide bonds. The maximum Gasteiger partial charge on any atom is 0.0431 e. The molecule has 0 saturated carbocycles. The number of hydrogen-bond acceptors (Lipinski definition) is 2. The molecule has 0 spiro atoms. The predicted octanol–water partition coefficient (Wildman–Crippen LogP) is 1.85. The monoisotopic (exact) mass is 205 g/mol. The molecule has 0 aliphatic carbocycles. The predicted molar refractivity (Wildman–Crippen MR) is 56.3 cm³/mol. The molecule has 1 N–H and O–H groups in total. The van der Waals surface area contributed by atoms with Crippen molar-refractivity contribution in [3.8, 4) is 0 Å². The Labute approximate surface area is 85.9 Å². The molecule has 1 fully saturated rings. The van der Waals surface area contributed by atoms with Crippen molar-refractivity contribution in [3.63, 3.8) is 0 Å². The maximum atomic E-state index is 8.75. The average Bonchev–Trinajstić information content (AvgIpc) is 2.59. The molecule has 1 unspecified atom stereocenters. The van der Waals surface area contributed by atoms with Crippen LogP contribution in [0.5, 0.6) is 0 Å². The molecule has 0 aromatic rings. The van der Waals surface area contributed by atoms with Gasteiger partial charge in [0.2, 0.25) is 0 Å². The van der Waals surface area contributed by atoms with Gasteiger partial charge in [-0.15, -0.1) is 11.6 Å². The van der Waals surface area contributed by atoms with Crippen LogP contribution in [-0.4, -0.2) is 41.6 Å². The normalized spacial score (nSPS) is 24.0. The van der Waals surface area contributed by atoms with E-state index in [1.807, 2.05) is 0 Å². The third-order valence-corrected chi connectivity index (χ3v) is 3.04. The molecule has 3 heteroatoms. The minimum Gasteiger partial charge on any atom is -0.396 e. The van der Waals surface area contributed by atoms with Crippen LogP contribution in [0, 0.1) is 0 Å². The Morgan fingerprint density at radius 3 is 2.92 bits per heavy atom. The highest BCUT2D eigenvalue weighted by Crippen LogP contribution is 2.21. The molecule has 1 aliphatic heterocycles. The SMILES string of the molecule is OCCCC1CCCN1CCCCl. The third-order valence-electron chi connectivity index (χ3n) is 2.77.